The van der Waals surface area contributed by atoms with Crippen molar-refractivity contribution in [2.24, 2.45) is 0 Å². The summed E-state index contributed by atoms with van der Waals surface area (Å²) >= 11 is 0. The number of hydrogen-bond donors (Lipinski definition) is 1. The zero-order valence-electron chi connectivity index (χ0n) is 12.4. The molecule has 0 radical (unpaired) electrons. The lowest BCUT2D eigenvalue weighted by atomic mass is 10.2. The number of rotatable bonds is 4. The van der Waals surface area contributed by atoms with Crippen LogP contribution >= 0.6 is 0 Å². The third kappa shape index (κ3) is 5.02. The number of halogens is 3. The highest BCUT2D eigenvalue weighted by atomic mass is 32.2. The highest BCUT2D eigenvalue weighted by Gasteiger charge is 2.32. The second kappa shape index (κ2) is 6.90. The number of benzene rings is 1. The van der Waals surface area contributed by atoms with E-state index in [9.17, 15) is 26.4 Å². The van der Waals surface area contributed by atoms with Crippen LogP contribution in [0.25, 0.3) is 0 Å². The fourth-order valence-electron chi connectivity index (χ4n) is 1.83. The van der Waals surface area contributed by atoms with Crippen molar-refractivity contribution in [3.8, 4) is 6.07 Å². The predicted molar refractivity (Wildman–Crippen MR) is 80.5 cm³/mol. The van der Waals surface area contributed by atoms with Crippen LogP contribution in [-0.4, -0.2) is 19.3 Å². The number of nitrogens with zero attached hydrogens (tertiary/aromatic N) is 2. The first-order valence-corrected chi connectivity index (χ1v) is 8.33. The predicted octanol–water partition coefficient (Wildman–Crippen LogP) is 2.23. The van der Waals surface area contributed by atoms with E-state index in [0.29, 0.717) is 23.4 Å². The summed E-state index contributed by atoms with van der Waals surface area (Å²) in [7, 11) is -4.07. The summed E-state index contributed by atoms with van der Waals surface area (Å²) < 4.78 is 62.9. The number of hydrogen-bond acceptors (Lipinski definition) is 5. The highest BCUT2D eigenvalue weighted by Crippen LogP contribution is 2.27. The number of pyridine rings is 1. The van der Waals surface area contributed by atoms with Crippen LogP contribution < -0.4 is 4.72 Å². The summed E-state index contributed by atoms with van der Waals surface area (Å²) in [5.41, 5.74) is -0.827. The molecule has 0 bridgehead atoms. The summed E-state index contributed by atoms with van der Waals surface area (Å²) in [4.78, 5) is 15.0. The number of sulfonamides is 1. The lowest BCUT2D eigenvalue weighted by Gasteiger charge is -2.08. The molecule has 10 heteroatoms. The minimum atomic E-state index is -4.66. The van der Waals surface area contributed by atoms with Crippen LogP contribution in [0.1, 0.15) is 27.2 Å². The second-order valence-corrected chi connectivity index (χ2v) is 6.65. The van der Waals surface area contributed by atoms with E-state index in [4.69, 9.17) is 5.26 Å². The van der Waals surface area contributed by atoms with E-state index in [1.165, 1.54) is 24.3 Å². The number of carbonyl (C=O) groups excluding carboxylic acids is 1. The summed E-state index contributed by atoms with van der Waals surface area (Å²) in [6, 6.07) is 8.98. The van der Waals surface area contributed by atoms with Crippen molar-refractivity contribution >= 4 is 15.9 Å². The Balaban J connectivity index is 2.08. The maximum atomic E-state index is 12.4. The Morgan fingerprint density at radius 3 is 2.28 bits per heavy atom. The summed E-state index contributed by atoms with van der Waals surface area (Å²) in [6.45, 7) is 0. The van der Waals surface area contributed by atoms with Gasteiger partial charge in [-0.1, -0.05) is 12.1 Å². The van der Waals surface area contributed by atoms with Gasteiger partial charge in [-0.25, -0.2) is 13.1 Å². The Labute approximate surface area is 141 Å². The van der Waals surface area contributed by atoms with Gasteiger partial charge in [-0.15, -0.1) is 0 Å². The lowest BCUT2D eigenvalue weighted by molar-refractivity contribution is -0.141. The van der Waals surface area contributed by atoms with E-state index in [2.05, 4.69) is 4.98 Å². The Kier molecular flexibility index (Phi) is 5.08. The Morgan fingerprint density at radius 2 is 1.80 bits per heavy atom. The van der Waals surface area contributed by atoms with Crippen LogP contribution in [0.5, 0.6) is 0 Å². The van der Waals surface area contributed by atoms with Gasteiger partial charge < -0.3 is 0 Å². The normalized spacial score (nSPS) is 11.6. The summed E-state index contributed by atoms with van der Waals surface area (Å²) in [5, 5.41) is 8.67. The van der Waals surface area contributed by atoms with Gasteiger partial charge in [-0.3, -0.25) is 9.78 Å². The Morgan fingerprint density at radius 1 is 1.16 bits per heavy atom. The number of nitrogens with one attached hydrogen (secondary N) is 1. The summed E-state index contributed by atoms with van der Waals surface area (Å²) in [6.07, 6.45) is -4.01. The molecule has 1 N–H and O–H groups in total. The molecule has 0 saturated heterocycles. The van der Waals surface area contributed by atoms with Crippen molar-refractivity contribution in [2.45, 2.75) is 11.9 Å². The van der Waals surface area contributed by atoms with Gasteiger partial charge in [-0.05, 0) is 29.8 Å². The lowest BCUT2D eigenvalue weighted by Crippen LogP contribution is -2.31. The van der Waals surface area contributed by atoms with Crippen LogP contribution in [0.15, 0.2) is 42.6 Å². The number of aromatic nitrogens is 1. The smallest absolute Gasteiger partial charge is 0.268 e. The van der Waals surface area contributed by atoms with Gasteiger partial charge in [-0.2, -0.15) is 18.4 Å². The van der Waals surface area contributed by atoms with Crippen molar-refractivity contribution < 1.29 is 26.4 Å². The van der Waals surface area contributed by atoms with Crippen molar-refractivity contribution in [1.82, 2.24) is 9.71 Å². The highest BCUT2D eigenvalue weighted by molar-refractivity contribution is 7.89. The molecule has 0 unspecified atom stereocenters. The third-order valence-corrected chi connectivity index (χ3v) is 4.21. The molecule has 25 heavy (non-hydrogen) atoms. The van der Waals surface area contributed by atoms with Crippen molar-refractivity contribution in [3.63, 3.8) is 0 Å². The van der Waals surface area contributed by atoms with E-state index in [0.717, 1.165) is 6.07 Å². The van der Waals surface area contributed by atoms with Crippen LogP contribution in [0.4, 0.5) is 13.2 Å². The molecule has 0 saturated carbocycles. The molecule has 0 aliphatic heterocycles. The van der Waals surface area contributed by atoms with E-state index >= 15 is 0 Å². The van der Waals surface area contributed by atoms with Crippen LogP contribution in [0.3, 0.4) is 0 Å². The molecule has 0 aliphatic rings. The molecule has 2 aromatic rings. The first kappa shape index (κ1) is 18.4. The monoisotopic (exact) mass is 369 g/mol. The Hall–Kier alpha value is -2.93. The maximum Gasteiger partial charge on any atom is 0.433 e. The number of carbonyl (C=O) groups is 1. The largest absolute Gasteiger partial charge is 0.433 e. The topological polar surface area (TPSA) is 99.9 Å². The van der Waals surface area contributed by atoms with Gasteiger partial charge in [0.15, 0.2) is 0 Å². The average Bonchev–Trinajstić information content (AvgIpc) is 2.54. The Bertz CT molecular complexity index is 916. The average molecular weight is 369 g/mol. The second-order valence-electron chi connectivity index (χ2n) is 4.93. The zero-order valence-corrected chi connectivity index (χ0v) is 13.2. The minimum absolute atomic E-state index is 0.323. The zero-order chi connectivity index (χ0) is 18.7. The van der Waals surface area contributed by atoms with Gasteiger partial charge in [0.2, 0.25) is 10.0 Å². The van der Waals surface area contributed by atoms with E-state index in [1.807, 2.05) is 6.07 Å². The van der Waals surface area contributed by atoms with Gasteiger partial charge in [0.05, 0.1) is 22.9 Å². The molecule has 2 rings (SSSR count). The van der Waals surface area contributed by atoms with Gasteiger partial charge in [0.1, 0.15) is 5.69 Å². The molecular formula is C15H10F3N3O3S. The molecule has 1 aromatic carbocycles. The van der Waals surface area contributed by atoms with Crippen molar-refractivity contribution in [1.29, 1.82) is 5.26 Å². The molecule has 130 valence electrons. The molecule has 0 atom stereocenters. The fraction of sp³-hybridized carbons (Fsp3) is 0.133. The molecular weight excluding hydrogens is 359 g/mol. The van der Waals surface area contributed by atoms with Crippen LogP contribution in [-0.2, 0) is 22.0 Å². The molecule has 6 nitrogen and oxygen atoms in total. The maximum absolute atomic E-state index is 12.4. The van der Waals surface area contributed by atoms with Gasteiger partial charge in [0.25, 0.3) is 5.91 Å². The molecule has 0 spiro atoms. The first-order chi connectivity index (χ1) is 11.6. The molecule has 1 aromatic heterocycles. The summed E-state index contributed by atoms with van der Waals surface area (Å²) in [5.74, 6) is -1.62. The SMILES string of the molecule is N#Cc1ccc(CS(=O)(=O)NC(=O)c2ccc(C(F)(F)F)nc2)cc1. The van der Waals surface area contributed by atoms with E-state index in [-0.39, 0.29) is 5.56 Å². The molecule has 1 heterocycles. The van der Waals surface area contributed by atoms with E-state index in [1.54, 1.807) is 4.72 Å². The van der Waals surface area contributed by atoms with Crippen LogP contribution in [0, 0.1) is 11.3 Å². The molecule has 0 fully saturated rings. The van der Waals surface area contributed by atoms with Gasteiger partial charge in [0, 0.05) is 6.20 Å². The first-order valence-electron chi connectivity index (χ1n) is 6.68. The van der Waals surface area contributed by atoms with Gasteiger partial charge >= 0.3 is 6.18 Å². The number of amides is 1. The molecule has 1 amide bonds. The standard InChI is InChI=1S/C15H10F3N3O3S/c16-15(17,18)13-6-5-12(8-20-13)14(22)21-25(23,24)9-11-3-1-10(7-19)2-4-11/h1-6,8H,9H2,(H,21,22). The fourth-order valence-corrected chi connectivity index (χ4v) is 2.93. The van der Waals surface area contributed by atoms with Crippen molar-refractivity contribution in [2.75, 3.05) is 0 Å². The minimum Gasteiger partial charge on any atom is -0.268 e. The van der Waals surface area contributed by atoms with Crippen molar-refractivity contribution in [3.05, 3.63) is 65.0 Å². The quantitative estimate of drug-likeness (QED) is 0.891. The van der Waals surface area contributed by atoms with E-state index < -0.39 is 33.6 Å². The molecule has 0 aliphatic carbocycles. The third-order valence-electron chi connectivity index (χ3n) is 3.00. The number of nitriles is 1. The number of alkyl halides is 3. The van der Waals surface area contributed by atoms with Crippen LogP contribution in [0.2, 0.25) is 0 Å².